The third-order valence-electron chi connectivity index (χ3n) is 3.92. The van der Waals surface area contributed by atoms with Crippen LogP contribution in [0.15, 0.2) is 42.7 Å². The highest BCUT2D eigenvalue weighted by Crippen LogP contribution is 2.19. The van der Waals surface area contributed by atoms with Crippen LogP contribution in [0.5, 0.6) is 0 Å². The molecule has 3 nitrogen and oxygen atoms in total. The first-order valence-electron chi connectivity index (χ1n) is 7.36. The van der Waals surface area contributed by atoms with Gasteiger partial charge in [-0.05, 0) is 32.8 Å². The van der Waals surface area contributed by atoms with Crippen molar-refractivity contribution >= 4 is 0 Å². The summed E-state index contributed by atoms with van der Waals surface area (Å²) < 4.78 is 2.04. The number of hydrogen-bond donors (Lipinski definition) is 1. The Labute approximate surface area is 122 Å². The predicted octanol–water partition coefficient (Wildman–Crippen LogP) is 3.89. The van der Waals surface area contributed by atoms with Gasteiger partial charge in [-0.1, -0.05) is 37.3 Å². The minimum Gasteiger partial charge on any atom is -0.310 e. The van der Waals surface area contributed by atoms with Gasteiger partial charge < -0.3 is 5.32 Å². The van der Waals surface area contributed by atoms with E-state index in [2.05, 4.69) is 68.6 Å². The molecule has 20 heavy (non-hydrogen) atoms. The normalized spacial score (nSPS) is 13.4. The van der Waals surface area contributed by atoms with Crippen molar-refractivity contribution in [3.63, 3.8) is 0 Å². The molecule has 3 heteroatoms. The molecule has 0 fully saturated rings. The molecular formula is C17H25N3. The van der Waals surface area contributed by atoms with Gasteiger partial charge in [-0.2, -0.15) is 5.10 Å². The molecule has 0 aliphatic rings. The van der Waals surface area contributed by atoms with Gasteiger partial charge >= 0.3 is 0 Å². The molecule has 1 N–H and O–H groups in total. The van der Waals surface area contributed by atoms with Gasteiger partial charge in [-0.15, -0.1) is 0 Å². The first-order valence-corrected chi connectivity index (χ1v) is 7.36. The monoisotopic (exact) mass is 271 g/mol. The summed E-state index contributed by atoms with van der Waals surface area (Å²) >= 11 is 0. The van der Waals surface area contributed by atoms with Crippen LogP contribution in [-0.2, 0) is 0 Å². The summed E-state index contributed by atoms with van der Waals surface area (Å²) in [5.41, 5.74) is 2.57. The molecule has 0 amide bonds. The van der Waals surface area contributed by atoms with Crippen molar-refractivity contribution in [1.29, 1.82) is 0 Å². The molecule has 1 atom stereocenters. The third kappa shape index (κ3) is 3.70. The number of benzene rings is 1. The third-order valence-corrected chi connectivity index (χ3v) is 3.92. The SMILES string of the molecule is CCC(C)(C)NCC(C)n1cc(-c2ccccc2)cn1. The molecule has 1 aromatic heterocycles. The standard InChI is InChI=1S/C17H25N3/c1-5-17(3,4)18-11-14(2)20-13-16(12-19-20)15-9-7-6-8-10-15/h6-10,12-14,18H,5,11H2,1-4H3. The number of nitrogens with zero attached hydrogens (tertiary/aromatic N) is 2. The van der Waals surface area contributed by atoms with Crippen molar-refractivity contribution in [2.45, 2.75) is 45.7 Å². The lowest BCUT2D eigenvalue weighted by Gasteiger charge is -2.26. The van der Waals surface area contributed by atoms with Crippen LogP contribution in [0, 0.1) is 0 Å². The zero-order valence-electron chi connectivity index (χ0n) is 12.9. The molecule has 0 radical (unpaired) electrons. The van der Waals surface area contributed by atoms with Crippen LogP contribution in [0.2, 0.25) is 0 Å². The van der Waals surface area contributed by atoms with Crippen LogP contribution >= 0.6 is 0 Å². The van der Waals surface area contributed by atoms with Crippen LogP contribution in [0.25, 0.3) is 11.1 Å². The summed E-state index contributed by atoms with van der Waals surface area (Å²) in [6.07, 6.45) is 5.19. The van der Waals surface area contributed by atoms with Gasteiger partial charge in [0.2, 0.25) is 0 Å². The van der Waals surface area contributed by atoms with E-state index < -0.39 is 0 Å². The van der Waals surface area contributed by atoms with Crippen molar-refractivity contribution in [2.75, 3.05) is 6.54 Å². The quantitative estimate of drug-likeness (QED) is 0.864. The fourth-order valence-electron chi connectivity index (χ4n) is 2.00. The second kappa shape index (κ2) is 6.23. The van der Waals surface area contributed by atoms with Crippen LogP contribution in [-0.4, -0.2) is 21.9 Å². The number of nitrogens with one attached hydrogen (secondary N) is 1. The average molecular weight is 271 g/mol. The Morgan fingerprint density at radius 1 is 1.20 bits per heavy atom. The Balaban J connectivity index is 2.02. The first-order chi connectivity index (χ1) is 9.52. The highest BCUT2D eigenvalue weighted by atomic mass is 15.3. The Hall–Kier alpha value is -1.61. The number of hydrogen-bond acceptors (Lipinski definition) is 2. The van der Waals surface area contributed by atoms with Gasteiger partial charge in [-0.25, -0.2) is 0 Å². The van der Waals surface area contributed by atoms with E-state index >= 15 is 0 Å². The summed E-state index contributed by atoms with van der Waals surface area (Å²) in [4.78, 5) is 0. The largest absolute Gasteiger partial charge is 0.310 e. The minimum atomic E-state index is 0.184. The fourth-order valence-corrected chi connectivity index (χ4v) is 2.00. The van der Waals surface area contributed by atoms with E-state index in [4.69, 9.17) is 0 Å². The molecule has 0 aliphatic heterocycles. The smallest absolute Gasteiger partial charge is 0.0615 e. The van der Waals surface area contributed by atoms with E-state index in [1.54, 1.807) is 0 Å². The number of rotatable bonds is 6. The Bertz CT molecular complexity index is 528. The van der Waals surface area contributed by atoms with Crippen molar-refractivity contribution in [1.82, 2.24) is 15.1 Å². The van der Waals surface area contributed by atoms with Gasteiger partial charge in [0.1, 0.15) is 0 Å². The van der Waals surface area contributed by atoms with Crippen LogP contribution in [0.3, 0.4) is 0 Å². The van der Waals surface area contributed by atoms with E-state index in [-0.39, 0.29) is 5.54 Å². The molecule has 0 saturated heterocycles. The molecule has 1 aromatic carbocycles. The van der Waals surface area contributed by atoms with E-state index in [0.717, 1.165) is 13.0 Å². The highest BCUT2D eigenvalue weighted by Gasteiger charge is 2.16. The molecule has 0 spiro atoms. The molecule has 0 aliphatic carbocycles. The van der Waals surface area contributed by atoms with Gasteiger partial charge in [-0.3, -0.25) is 4.68 Å². The summed E-state index contributed by atoms with van der Waals surface area (Å²) in [6.45, 7) is 9.80. The summed E-state index contributed by atoms with van der Waals surface area (Å²) in [5, 5.41) is 8.09. The number of aromatic nitrogens is 2. The molecule has 2 aromatic rings. The summed E-state index contributed by atoms with van der Waals surface area (Å²) in [7, 11) is 0. The fraction of sp³-hybridized carbons (Fsp3) is 0.471. The molecule has 0 bridgehead atoms. The van der Waals surface area contributed by atoms with Gasteiger partial charge in [0.05, 0.1) is 12.2 Å². The molecule has 108 valence electrons. The van der Waals surface area contributed by atoms with Crippen LogP contribution in [0.1, 0.15) is 40.2 Å². The molecule has 1 unspecified atom stereocenters. The van der Waals surface area contributed by atoms with E-state index in [1.807, 2.05) is 16.9 Å². The lowest BCUT2D eigenvalue weighted by molar-refractivity contribution is 0.335. The maximum atomic E-state index is 4.50. The van der Waals surface area contributed by atoms with Crippen LogP contribution in [0.4, 0.5) is 0 Å². The van der Waals surface area contributed by atoms with Crippen molar-refractivity contribution in [2.24, 2.45) is 0 Å². The lowest BCUT2D eigenvalue weighted by Crippen LogP contribution is -2.41. The van der Waals surface area contributed by atoms with Gasteiger partial charge in [0.15, 0.2) is 0 Å². The zero-order chi connectivity index (χ0) is 14.6. The molecule has 0 saturated carbocycles. The van der Waals surface area contributed by atoms with E-state index in [0.29, 0.717) is 6.04 Å². The van der Waals surface area contributed by atoms with E-state index in [9.17, 15) is 0 Å². The second-order valence-electron chi connectivity index (χ2n) is 6.04. The Kier molecular flexibility index (Phi) is 4.61. The Morgan fingerprint density at radius 3 is 2.55 bits per heavy atom. The first kappa shape index (κ1) is 14.8. The van der Waals surface area contributed by atoms with Crippen molar-refractivity contribution in [3.05, 3.63) is 42.7 Å². The maximum Gasteiger partial charge on any atom is 0.0615 e. The summed E-state index contributed by atoms with van der Waals surface area (Å²) in [6, 6.07) is 10.7. The lowest BCUT2D eigenvalue weighted by atomic mass is 10.0. The van der Waals surface area contributed by atoms with Gasteiger partial charge in [0, 0.05) is 23.8 Å². The minimum absolute atomic E-state index is 0.184. The van der Waals surface area contributed by atoms with Crippen molar-refractivity contribution in [3.8, 4) is 11.1 Å². The molecule has 1 heterocycles. The molecule has 2 rings (SSSR count). The van der Waals surface area contributed by atoms with Crippen LogP contribution < -0.4 is 5.32 Å². The van der Waals surface area contributed by atoms with Crippen molar-refractivity contribution < 1.29 is 0 Å². The average Bonchev–Trinajstić information content (AvgIpc) is 2.96. The Morgan fingerprint density at radius 2 is 1.90 bits per heavy atom. The highest BCUT2D eigenvalue weighted by molar-refractivity contribution is 5.61. The van der Waals surface area contributed by atoms with E-state index in [1.165, 1.54) is 11.1 Å². The summed E-state index contributed by atoms with van der Waals surface area (Å²) in [5.74, 6) is 0. The maximum absolute atomic E-state index is 4.50. The van der Waals surface area contributed by atoms with Gasteiger partial charge in [0.25, 0.3) is 0 Å². The second-order valence-corrected chi connectivity index (χ2v) is 6.04. The predicted molar refractivity (Wildman–Crippen MR) is 84.7 cm³/mol. The topological polar surface area (TPSA) is 29.9 Å². The zero-order valence-corrected chi connectivity index (χ0v) is 12.9. The molecular weight excluding hydrogens is 246 g/mol.